The third kappa shape index (κ3) is 5.49. The van der Waals surface area contributed by atoms with Gasteiger partial charge in [0, 0.05) is 41.9 Å². The van der Waals surface area contributed by atoms with Crippen molar-refractivity contribution in [3.63, 3.8) is 0 Å². The molecule has 0 bridgehead atoms. The number of fused-ring (bicyclic) bond motifs is 1. The normalized spacial score (nSPS) is 12.3. The number of H-pyrrole nitrogens is 1. The molecule has 2 aromatic carbocycles. The summed E-state index contributed by atoms with van der Waals surface area (Å²) in [6.07, 6.45) is 4.41. The molecule has 0 unspecified atom stereocenters. The van der Waals surface area contributed by atoms with E-state index in [9.17, 15) is 4.79 Å². The SMILES string of the molecule is CC[C@H](c1nnnn1Cc1ccccc1)N(Cc1cccnc1)Cc1cc2c(C)cc(C)cc2[nH]c1=O. The maximum atomic E-state index is 13.2. The lowest BCUT2D eigenvalue weighted by Crippen LogP contribution is -2.32. The highest BCUT2D eigenvalue weighted by Gasteiger charge is 2.26. The van der Waals surface area contributed by atoms with Crippen molar-refractivity contribution in [1.29, 1.82) is 0 Å². The van der Waals surface area contributed by atoms with Crippen molar-refractivity contribution in [2.75, 3.05) is 0 Å². The van der Waals surface area contributed by atoms with E-state index in [1.807, 2.05) is 54.2 Å². The van der Waals surface area contributed by atoms with Crippen molar-refractivity contribution in [2.45, 2.75) is 52.9 Å². The molecule has 0 aliphatic carbocycles. The molecule has 8 nitrogen and oxygen atoms in total. The van der Waals surface area contributed by atoms with Gasteiger partial charge in [0.15, 0.2) is 5.82 Å². The number of tetrazole rings is 1. The Labute approximate surface area is 216 Å². The van der Waals surface area contributed by atoms with Gasteiger partial charge in [-0.2, -0.15) is 0 Å². The topological polar surface area (TPSA) is 92.6 Å². The zero-order valence-corrected chi connectivity index (χ0v) is 21.4. The van der Waals surface area contributed by atoms with Crippen LogP contribution in [0.5, 0.6) is 0 Å². The molecule has 3 heterocycles. The molecule has 0 radical (unpaired) electrons. The second-order valence-corrected chi connectivity index (χ2v) is 9.54. The van der Waals surface area contributed by atoms with Gasteiger partial charge in [0.25, 0.3) is 5.56 Å². The lowest BCUT2D eigenvalue weighted by atomic mass is 10.0. The fourth-order valence-electron chi connectivity index (χ4n) is 4.98. The number of hydrogen-bond donors (Lipinski definition) is 1. The first-order valence-corrected chi connectivity index (χ1v) is 12.6. The molecular weight excluding hydrogens is 462 g/mol. The fraction of sp³-hybridized carbons (Fsp3) is 0.276. The molecule has 0 aliphatic rings. The minimum atomic E-state index is -0.104. The van der Waals surface area contributed by atoms with E-state index in [0.29, 0.717) is 25.2 Å². The van der Waals surface area contributed by atoms with Crippen LogP contribution in [0.4, 0.5) is 0 Å². The fourth-order valence-corrected chi connectivity index (χ4v) is 4.98. The first-order valence-electron chi connectivity index (χ1n) is 12.6. The Morgan fingerprint density at radius 2 is 1.81 bits per heavy atom. The van der Waals surface area contributed by atoms with Crippen molar-refractivity contribution >= 4 is 10.9 Å². The lowest BCUT2D eigenvalue weighted by molar-refractivity contribution is 0.161. The van der Waals surface area contributed by atoms with Crippen LogP contribution in [0.3, 0.4) is 0 Å². The molecule has 37 heavy (non-hydrogen) atoms. The highest BCUT2D eigenvalue weighted by Crippen LogP contribution is 2.27. The lowest BCUT2D eigenvalue weighted by Gasteiger charge is -2.30. The number of aryl methyl sites for hydroxylation is 2. The predicted molar refractivity (Wildman–Crippen MR) is 144 cm³/mol. The Bertz CT molecular complexity index is 1540. The summed E-state index contributed by atoms with van der Waals surface area (Å²) in [5.74, 6) is 0.777. The van der Waals surface area contributed by atoms with Gasteiger partial charge in [-0.05, 0) is 71.1 Å². The number of nitrogens with one attached hydrogen (secondary N) is 1. The smallest absolute Gasteiger partial charge is 0.252 e. The van der Waals surface area contributed by atoms with Crippen LogP contribution in [-0.2, 0) is 19.6 Å². The highest BCUT2D eigenvalue weighted by molar-refractivity contribution is 5.83. The van der Waals surface area contributed by atoms with E-state index >= 15 is 0 Å². The number of nitrogens with zero attached hydrogens (tertiary/aromatic N) is 6. The molecule has 0 spiro atoms. The first-order chi connectivity index (χ1) is 18.0. The Hall–Kier alpha value is -4.17. The van der Waals surface area contributed by atoms with Gasteiger partial charge in [-0.15, -0.1) is 5.10 Å². The maximum Gasteiger partial charge on any atom is 0.252 e. The van der Waals surface area contributed by atoms with E-state index in [1.54, 1.807) is 6.20 Å². The Morgan fingerprint density at radius 1 is 1.00 bits per heavy atom. The molecule has 3 aromatic heterocycles. The van der Waals surface area contributed by atoms with Crippen molar-refractivity contribution in [2.24, 2.45) is 0 Å². The van der Waals surface area contributed by atoms with Gasteiger partial charge in [-0.25, -0.2) is 4.68 Å². The minimum Gasteiger partial charge on any atom is -0.322 e. The van der Waals surface area contributed by atoms with E-state index in [2.05, 4.69) is 68.5 Å². The van der Waals surface area contributed by atoms with Crippen molar-refractivity contribution < 1.29 is 0 Å². The Kier molecular flexibility index (Phi) is 7.18. The number of aromatic amines is 1. The maximum absolute atomic E-state index is 13.2. The highest BCUT2D eigenvalue weighted by atomic mass is 16.1. The summed E-state index contributed by atoms with van der Waals surface area (Å²) in [4.78, 5) is 22.9. The van der Waals surface area contributed by atoms with E-state index in [4.69, 9.17) is 0 Å². The molecule has 1 atom stereocenters. The summed E-state index contributed by atoms with van der Waals surface area (Å²) >= 11 is 0. The zero-order valence-electron chi connectivity index (χ0n) is 21.4. The quantitative estimate of drug-likeness (QED) is 0.319. The summed E-state index contributed by atoms with van der Waals surface area (Å²) in [6, 6.07) is 20.2. The number of pyridine rings is 2. The van der Waals surface area contributed by atoms with Crippen LogP contribution in [0.1, 0.15) is 53.0 Å². The second-order valence-electron chi connectivity index (χ2n) is 9.54. The molecule has 8 heteroatoms. The number of rotatable bonds is 9. The van der Waals surface area contributed by atoms with Crippen molar-refractivity contribution in [3.8, 4) is 0 Å². The van der Waals surface area contributed by atoms with Gasteiger partial charge in [0.2, 0.25) is 0 Å². The zero-order chi connectivity index (χ0) is 25.8. The van der Waals surface area contributed by atoms with Gasteiger partial charge in [0.05, 0.1) is 12.6 Å². The largest absolute Gasteiger partial charge is 0.322 e. The molecule has 0 aliphatic heterocycles. The number of benzene rings is 2. The molecule has 5 rings (SSSR count). The van der Waals surface area contributed by atoms with Crippen LogP contribution in [0.2, 0.25) is 0 Å². The van der Waals surface area contributed by atoms with Crippen molar-refractivity contribution in [3.05, 3.63) is 117 Å². The Balaban J connectivity index is 1.53. The van der Waals surface area contributed by atoms with Crippen LogP contribution in [0.25, 0.3) is 10.9 Å². The summed E-state index contributed by atoms with van der Waals surface area (Å²) < 4.78 is 1.86. The average Bonchev–Trinajstić information content (AvgIpc) is 3.34. The van der Waals surface area contributed by atoms with E-state index in [0.717, 1.165) is 45.4 Å². The van der Waals surface area contributed by atoms with Crippen LogP contribution < -0.4 is 5.56 Å². The molecule has 0 amide bonds. The van der Waals surface area contributed by atoms with Gasteiger partial charge in [-0.1, -0.05) is 49.4 Å². The molecule has 0 fully saturated rings. The van der Waals surface area contributed by atoms with E-state index in [-0.39, 0.29) is 11.6 Å². The minimum absolute atomic E-state index is 0.0765. The second kappa shape index (κ2) is 10.8. The van der Waals surface area contributed by atoms with E-state index < -0.39 is 0 Å². The summed E-state index contributed by atoms with van der Waals surface area (Å²) in [7, 11) is 0. The summed E-state index contributed by atoms with van der Waals surface area (Å²) in [5.41, 5.74) is 5.96. The van der Waals surface area contributed by atoms with Crippen LogP contribution >= 0.6 is 0 Å². The summed E-state index contributed by atoms with van der Waals surface area (Å²) in [5, 5.41) is 13.8. The molecular formula is C29H31N7O. The van der Waals surface area contributed by atoms with Gasteiger partial charge >= 0.3 is 0 Å². The molecule has 0 saturated carbocycles. The third-order valence-electron chi connectivity index (χ3n) is 6.73. The van der Waals surface area contributed by atoms with Crippen molar-refractivity contribution in [1.82, 2.24) is 35.1 Å². The van der Waals surface area contributed by atoms with Crippen LogP contribution in [-0.4, -0.2) is 35.1 Å². The standard InChI is InChI=1S/C29H31N7O/c1-4-27(28-32-33-34-36(28)18-22-9-6-5-7-10-22)35(17-23-11-8-12-30-16-23)19-24-15-25-21(3)13-20(2)14-26(25)31-29(24)37/h5-16,27H,4,17-19H2,1-3H3,(H,31,37)/t27-/m1/s1. The number of aromatic nitrogens is 6. The Morgan fingerprint density at radius 3 is 2.57 bits per heavy atom. The van der Waals surface area contributed by atoms with Gasteiger partial charge < -0.3 is 4.98 Å². The van der Waals surface area contributed by atoms with Crippen LogP contribution in [0.15, 0.2) is 77.9 Å². The summed E-state index contributed by atoms with van der Waals surface area (Å²) in [6.45, 7) is 7.88. The molecule has 188 valence electrons. The van der Waals surface area contributed by atoms with Gasteiger partial charge in [-0.3, -0.25) is 14.7 Å². The predicted octanol–water partition coefficient (Wildman–Crippen LogP) is 4.73. The van der Waals surface area contributed by atoms with Crippen LogP contribution in [0, 0.1) is 13.8 Å². The third-order valence-corrected chi connectivity index (χ3v) is 6.73. The average molecular weight is 494 g/mol. The molecule has 5 aromatic rings. The first kappa shape index (κ1) is 24.5. The van der Waals surface area contributed by atoms with E-state index in [1.165, 1.54) is 0 Å². The molecule has 1 N–H and O–H groups in total. The number of hydrogen-bond acceptors (Lipinski definition) is 6. The van der Waals surface area contributed by atoms with Gasteiger partial charge in [0.1, 0.15) is 0 Å². The molecule has 0 saturated heterocycles. The monoisotopic (exact) mass is 493 g/mol.